The molecule has 3 atom stereocenters. The summed E-state index contributed by atoms with van der Waals surface area (Å²) in [7, 11) is 0. The van der Waals surface area contributed by atoms with Crippen LogP contribution in [-0.4, -0.2) is 46.1 Å². The maximum Gasteiger partial charge on any atom is 0.249 e. The molecule has 0 saturated heterocycles. The van der Waals surface area contributed by atoms with Crippen LogP contribution in [0.2, 0.25) is 0 Å². The number of aliphatic hydroxyl groups excluding tert-OH is 3. The Hall–Kier alpha value is -0.650. The van der Waals surface area contributed by atoms with Gasteiger partial charge in [0.05, 0.1) is 18.8 Å². The molecule has 0 aromatic carbocycles. The van der Waals surface area contributed by atoms with Crippen molar-refractivity contribution in [3.8, 4) is 0 Å². The van der Waals surface area contributed by atoms with Crippen molar-refractivity contribution in [2.24, 2.45) is 0 Å². The molecule has 0 bridgehead atoms. The Morgan fingerprint density at radius 2 is 0.478 bits per heavy atom. The summed E-state index contributed by atoms with van der Waals surface area (Å²) in [5, 5.41) is 33.6. The van der Waals surface area contributed by atoms with Crippen LogP contribution in [0.25, 0.3) is 0 Å². The molecule has 0 aromatic heterocycles. The number of carbonyl (C=O) groups is 1. The van der Waals surface area contributed by atoms with Crippen LogP contribution in [0, 0.1) is 0 Å². The fourth-order valence-electron chi connectivity index (χ4n) is 10.4. The molecule has 0 aliphatic carbocycles. The van der Waals surface area contributed by atoms with Crippen LogP contribution in [-0.2, 0) is 4.79 Å². The van der Waals surface area contributed by atoms with Gasteiger partial charge >= 0.3 is 0 Å². The monoisotopic (exact) mass is 948 g/mol. The number of nitrogens with one attached hydrogen (secondary N) is 1. The fraction of sp³-hybridized carbons (Fsp3) is 0.984. The Balaban J connectivity index is 3.41. The summed E-state index contributed by atoms with van der Waals surface area (Å²) in [6.45, 7) is 4.28. The maximum absolute atomic E-state index is 12.6. The first-order valence-corrected chi connectivity index (χ1v) is 31.3. The van der Waals surface area contributed by atoms with Crippen molar-refractivity contribution in [1.82, 2.24) is 5.32 Å². The largest absolute Gasteiger partial charge is 0.394 e. The van der Waals surface area contributed by atoms with E-state index in [1.54, 1.807) is 0 Å². The molecule has 3 unspecified atom stereocenters. The van der Waals surface area contributed by atoms with E-state index < -0.39 is 24.2 Å². The molecule has 0 heterocycles. The van der Waals surface area contributed by atoms with E-state index in [1.807, 2.05) is 0 Å². The first kappa shape index (κ1) is 66.3. The quantitative estimate of drug-likeness (QED) is 0.0457. The van der Waals surface area contributed by atoms with Crippen LogP contribution in [0.3, 0.4) is 0 Å². The van der Waals surface area contributed by atoms with Crippen molar-refractivity contribution in [3.05, 3.63) is 0 Å². The van der Waals surface area contributed by atoms with Gasteiger partial charge in [0.15, 0.2) is 0 Å². The second-order valence-corrected chi connectivity index (χ2v) is 22.0. The molecule has 5 nitrogen and oxygen atoms in total. The van der Waals surface area contributed by atoms with Crippen LogP contribution >= 0.6 is 0 Å². The first-order chi connectivity index (χ1) is 33.1. The highest BCUT2D eigenvalue weighted by molar-refractivity contribution is 5.80. The van der Waals surface area contributed by atoms with E-state index in [-0.39, 0.29) is 6.61 Å². The van der Waals surface area contributed by atoms with E-state index in [2.05, 4.69) is 19.2 Å². The minimum Gasteiger partial charge on any atom is -0.394 e. The van der Waals surface area contributed by atoms with E-state index in [1.165, 1.54) is 308 Å². The Morgan fingerprint density at radius 1 is 0.299 bits per heavy atom. The Kier molecular flexibility index (Phi) is 57.4. The van der Waals surface area contributed by atoms with Crippen LogP contribution in [0.15, 0.2) is 0 Å². The average molecular weight is 949 g/mol. The lowest BCUT2D eigenvalue weighted by molar-refractivity contribution is -0.131. The van der Waals surface area contributed by atoms with Crippen LogP contribution in [0.1, 0.15) is 367 Å². The van der Waals surface area contributed by atoms with Crippen molar-refractivity contribution >= 4 is 5.91 Å². The molecular weight excluding hydrogens is 823 g/mol. The average Bonchev–Trinajstić information content (AvgIpc) is 3.33. The highest BCUT2D eigenvalue weighted by atomic mass is 16.3. The molecule has 5 heteroatoms. The lowest BCUT2D eigenvalue weighted by atomic mass is 10.0. The lowest BCUT2D eigenvalue weighted by Gasteiger charge is -2.23. The van der Waals surface area contributed by atoms with Gasteiger partial charge in [0.1, 0.15) is 6.10 Å². The van der Waals surface area contributed by atoms with Crippen LogP contribution in [0.4, 0.5) is 0 Å². The van der Waals surface area contributed by atoms with Crippen molar-refractivity contribution in [2.45, 2.75) is 385 Å². The van der Waals surface area contributed by atoms with Gasteiger partial charge in [-0.05, 0) is 12.8 Å². The second-order valence-electron chi connectivity index (χ2n) is 22.0. The van der Waals surface area contributed by atoms with Crippen molar-refractivity contribution in [1.29, 1.82) is 0 Å². The van der Waals surface area contributed by atoms with Gasteiger partial charge in [0.2, 0.25) is 5.91 Å². The predicted octanol–water partition coefficient (Wildman–Crippen LogP) is 19.7. The van der Waals surface area contributed by atoms with E-state index in [4.69, 9.17) is 0 Å². The van der Waals surface area contributed by atoms with E-state index in [9.17, 15) is 20.1 Å². The van der Waals surface area contributed by atoms with Gasteiger partial charge in [-0.1, -0.05) is 354 Å². The van der Waals surface area contributed by atoms with Crippen LogP contribution < -0.4 is 5.32 Å². The summed E-state index contributed by atoms with van der Waals surface area (Å²) in [4.78, 5) is 12.6. The summed E-state index contributed by atoms with van der Waals surface area (Å²) in [6.07, 6.45) is 71.9. The zero-order valence-electron chi connectivity index (χ0n) is 46.1. The normalized spacial score (nSPS) is 13.1. The zero-order valence-corrected chi connectivity index (χ0v) is 46.1. The van der Waals surface area contributed by atoms with Gasteiger partial charge in [0, 0.05) is 0 Å². The van der Waals surface area contributed by atoms with Crippen molar-refractivity contribution in [2.75, 3.05) is 6.61 Å². The standard InChI is InChI=1S/C62H125NO4/c1-3-5-7-9-11-13-15-17-19-21-22-23-24-25-26-27-28-29-30-31-32-33-34-35-36-37-38-39-41-43-45-47-49-51-53-55-57-61(66)62(67)63-59(58-64)60(65)56-54-52-50-48-46-44-42-40-20-18-16-14-12-10-8-6-4-2/h59-61,64-66H,3-58H2,1-2H3,(H,63,67). The first-order valence-electron chi connectivity index (χ1n) is 31.3. The number of aliphatic hydroxyl groups is 3. The molecule has 0 aromatic rings. The number of hydrogen-bond donors (Lipinski definition) is 4. The highest BCUT2D eigenvalue weighted by Crippen LogP contribution is 2.19. The summed E-state index contributed by atoms with van der Waals surface area (Å²) in [6, 6.07) is -0.707. The summed E-state index contributed by atoms with van der Waals surface area (Å²) in [5.74, 6) is -0.461. The summed E-state index contributed by atoms with van der Waals surface area (Å²) in [5.41, 5.74) is 0. The van der Waals surface area contributed by atoms with Gasteiger partial charge in [-0.3, -0.25) is 4.79 Å². The number of hydrogen-bond acceptors (Lipinski definition) is 4. The molecule has 0 spiro atoms. The lowest BCUT2D eigenvalue weighted by Crippen LogP contribution is -2.49. The molecule has 0 aliphatic rings. The van der Waals surface area contributed by atoms with Crippen molar-refractivity contribution in [3.63, 3.8) is 0 Å². The van der Waals surface area contributed by atoms with E-state index in [0.29, 0.717) is 12.8 Å². The molecule has 4 N–H and O–H groups in total. The molecule has 402 valence electrons. The second kappa shape index (κ2) is 57.9. The van der Waals surface area contributed by atoms with Crippen molar-refractivity contribution < 1.29 is 20.1 Å². The molecule has 0 radical (unpaired) electrons. The Labute approximate surface area is 421 Å². The molecule has 0 aliphatic heterocycles. The van der Waals surface area contributed by atoms with Crippen LogP contribution in [0.5, 0.6) is 0 Å². The number of amides is 1. The van der Waals surface area contributed by atoms with Gasteiger partial charge in [-0.2, -0.15) is 0 Å². The SMILES string of the molecule is CCCCCCCCCCCCCCCCCCCCCCCCCCCCCCCCCCCCCCC(O)C(=O)NC(CO)C(O)CCCCCCCCCCCCCCCCCCC. The predicted molar refractivity (Wildman–Crippen MR) is 296 cm³/mol. The zero-order chi connectivity index (χ0) is 48.6. The maximum atomic E-state index is 12.6. The molecule has 0 fully saturated rings. The third-order valence-electron chi connectivity index (χ3n) is 15.2. The Bertz CT molecular complexity index is 914. The molecule has 0 rings (SSSR count). The molecule has 67 heavy (non-hydrogen) atoms. The van der Waals surface area contributed by atoms with Gasteiger partial charge < -0.3 is 20.6 Å². The van der Waals surface area contributed by atoms with E-state index in [0.717, 1.165) is 32.1 Å². The fourth-order valence-corrected chi connectivity index (χ4v) is 10.4. The summed E-state index contributed by atoms with van der Waals surface area (Å²) < 4.78 is 0. The van der Waals surface area contributed by atoms with Gasteiger partial charge in [-0.15, -0.1) is 0 Å². The topological polar surface area (TPSA) is 89.8 Å². The third-order valence-corrected chi connectivity index (χ3v) is 15.2. The molecular formula is C62H125NO4. The number of rotatable bonds is 59. The van der Waals surface area contributed by atoms with Gasteiger partial charge in [0.25, 0.3) is 0 Å². The number of unbranched alkanes of at least 4 members (excludes halogenated alkanes) is 51. The Morgan fingerprint density at radius 3 is 0.672 bits per heavy atom. The smallest absolute Gasteiger partial charge is 0.249 e. The molecule has 0 saturated carbocycles. The third kappa shape index (κ3) is 53.0. The highest BCUT2D eigenvalue weighted by Gasteiger charge is 2.23. The number of carbonyl (C=O) groups excluding carboxylic acids is 1. The van der Waals surface area contributed by atoms with E-state index >= 15 is 0 Å². The minimum atomic E-state index is -1.07. The summed E-state index contributed by atoms with van der Waals surface area (Å²) >= 11 is 0. The molecule has 1 amide bonds. The van der Waals surface area contributed by atoms with Gasteiger partial charge in [-0.25, -0.2) is 0 Å². The minimum absolute atomic E-state index is 0.307.